The summed E-state index contributed by atoms with van der Waals surface area (Å²) in [6.07, 6.45) is 2.69. The van der Waals surface area contributed by atoms with E-state index in [9.17, 15) is 4.39 Å². The molecule has 2 N–H and O–H groups in total. The third-order valence-electron chi connectivity index (χ3n) is 3.18. The maximum absolute atomic E-state index is 13.2. The van der Waals surface area contributed by atoms with E-state index >= 15 is 0 Å². The lowest BCUT2D eigenvalue weighted by Crippen LogP contribution is -2.11. The van der Waals surface area contributed by atoms with Gasteiger partial charge in [-0.25, -0.2) is 4.39 Å². The summed E-state index contributed by atoms with van der Waals surface area (Å²) in [6.45, 7) is 1.97. The Bertz CT molecular complexity index is 785. The molecule has 0 radical (unpaired) electrons. The van der Waals surface area contributed by atoms with Gasteiger partial charge in [-0.2, -0.15) is 0 Å². The molecule has 2 aromatic heterocycles. The predicted octanol–water partition coefficient (Wildman–Crippen LogP) is 4.09. The van der Waals surface area contributed by atoms with E-state index < -0.39 is 11.9 Å². The molecule has 0 aliphatic rings. The zero-order valence-electron chi connectivity index (χ0n) is 10.7. The Labute approximate surface area is 123 Å². The minimum absolute atomic E-state index is 0.409. The lowest BCUT2D eigenvalue weighted by atomic mass is 10.1. The number of fused-ring (bicyclic) bond motifs is 1. The van der Waals surface area contributed by atoms with Crippen molar-refractivity contribution in [2.75, 3.05) is 0 Å². The average molecular weight is 335 g/mol. The highest BCUT2D eigenvalue weighted by molar-refractivity contribution is 9.10. The quantitative estimate of drug-likeness (QED) is 0.768. The molecule has 2 heterocycles. The van der Waals surface area contributed by atoms with Crippen LogP contribution in [0, 0.1) is 12.7 Å². The molecule has 3 rings (SSSR count). The molecule has 1 unspecified atom stereocenters. The van der Waals surface area contributed by atoms with Crippen molar-refractivity contribution < 1.29 is 8.81 Å². The Morgan fingerprint density at radius 3 is 2.80 bits per heavy atom. The van der Waals surface area contributed by atoms with Crippen molar-refractivity contribution in [1.82, 2.24) is 4.98 Å². The molecule has 3 nitrogen and oxygen atoms in total. The van der Waals surface area contributed by atoms with Crippen LogP contribution in [0.25, 0.3) is 11.0 Å². The molecule has 0 aliphatic carbocycles. The number of pyridine rings is 1. The number of furan rings is 1. The zero-order chi connectivity index (χ0) is 14.3. The molecule has 0 saturated carbocycles. The first kappa shape index (κ1) is 13.3. The number of aryl methyl sites for hydroxylation is 1. The van der Waals surface area contributed by atoms with Crippen molar-refractivity contribution in [3.05, 3.63) is 63.8 Å². The standard InChI is InChI=1S/C15H12BrFN2O/c1-8-2-11(16)3-9-5-13(20-15(8)9)14(18)10-4-12(17)7-19-6-10/h2-7,14H,18H2,1H3. The minimum atomic E-state index is -0.538. The van der Waals surface area contributed by atoms with E-state index in [4.69, 9.17) is 10.2 Å². The van der Waals surface area contributed by atoms with Gasteiger partial charge in [0.05, 0.1) is 12.2 Å². The first-order valence-corrected chi connectivity index (χ1v) is 6.89. The van der Waals surface area contributed by atoms with Crippen molar-refractivity contribution >= 4 is 26.9 Å². The number of hydrogen-bond acceptors (Lipinski definition) is 3. The molecule has 0 bridgehead atoms. The molecular formula is C15H12BrFN2O. The van der Waals surface area contributed by atoms with Crippen LogP contribution in [0.1, 0.15) is 22.9 Å². The summed E-state index contributed by atoms with van der Waals surface area (Å²) in [4.78, 5) is 3.81. The van der Waals surface area contributed by atoms with Crippen LogP contribution in [0.2, 0.25) is 0 Å². The highest BCUT2D eigenvalue weighted by Gasteiger charge is 2.16. The predicted molar refractivity (Wildman–Crippen MR) is 78.9 cm³/mol. The number of aromatic nitrogens is 1. The number of halogens is 2. The normalized spacial score (nSPS) is 12.8. The molecular weight excluding hydrogens is 323 g/mol. The van der Waals surface area contributed by atoms with Crippen LogP contribution in [0.5, 0.6) is 0 Å². The van der Waals surface area contributed by atoms with E-state index in [1.807, 2.05) is 25.1 Å². The maximum Gasteiger partial charge on any atom is 0.141 e. The van der Waals surface area contributed by atoms with Gasteiger partial charge in [0.25, 0.3) is 0 Å². The third-order valence-corrected chi connectivity index (χ3v) is 3.64. The largest absolute Gasteiger partial charge is 0.459 e. The monoisotopic (exact) mass is 334 g/mol. The van der Waals surface area contributed by atoms with Crippen LogP contribution < -0.4 is 5.73 Å². The highest BCUT2D eigenvalue weighted by atomic mass is 79.9. The van der Waals surface area contributed by atoms with Crippen molar-refractivity contribution in [2.24, 2.45) is 5.73 Å². The van der Waals surface area contributed by atoms with Gasteiger partial charge in [-0.1, -0.05) is 15.9 Å². The summed E-state index contributed by atoms with van der Waals surface area (Å²) in [5.74, 6) is 0.182. The number of benzene rings is 1. The smallest absolute Gasteiger partial charge is 0.141 e. The summed E-state index contributed by atoms with van der Waals surface area (Å²) in [5, 5.41) is 0.965. The van der Waals surface area contributed by atoms with Crippen molar-refractivity contribution in [2.45, 2.75) is 13.0 Å². The Hall–Kier alpha value is -1.72. The summed E-state index contributed by atoms with van der Waals surface area (Å²) in [6, 6.07) is 6.65. The Morgan fingerprint density at radius 1 is 1.25 bits per heavy atom. The number of hydrogen-bond donors (Lipinski definition) is 1. The fraction of sp³-hybridized carbons (Fsp3) is 0.133. The summed E-state index contributed by atoms with van der Waals surface area (Å²) in [5.41, 5.74) is 8.52. The molecule has 20 heavy (non-hydrogen) atoms. The van der Waals surface area contributed by atoms with Crippen LogP contribution in [-0.4, -0.2) is 4.98 Å². The van der Waals surface area contributed by atoms with Crippen LogP contribution in [0.4, 0.5) is 4.39 Å². The minimum Gasteiger partial charge on any atom is -0.459 e. The van der Waals surface area contributed by atoms with Crippen LogP contribution >= 0.6 is 15.9 Å². The fourth-order valence-corrected chi connectivity index (χ4v) is 2.81. The van der Waals surface area contributed by atoms with Crippen molar-refractivity contribution in [3.8, 4) is 0 Å². The van der Waals surface area contributed by atoms with Gasteiger partial charge in [-0.15, -0.1) is 0 Å². The third kappa shape index (κ3) is 2.34. The second kappa shape index (κ2) is 5.00. The van der Waals surface area contributed by atoms with Gasteiger partial charge in [0.2, 0.25) is 0 Å². The molecule has 0 saturated heterocycles. The molecule has 1 aromatic carbocycles. The van der Waals surface area contributed by atoms with Crippen LogP contribution in [-0.2, 0) is 0 Å². The zero-order valence-corrected chi connectivity index (χ0v) is 12.3. The SMILES string of the molecule is Cc1cc(Br)cc2cc(C(N)c3cncc(F)c3)oc12. The number of nitrogens with two attached hydrogens (primary N) is 1. The summed E-state index contributed by atoms with van der Waals surface area (Å²) in [7, 11) is 0. The van der Waals surface area contributed by atoms with Gasteiger partial charge in [-0.05, 0) is 42.3 Å². The van der Waals surface area contributed by atoms with Gasteiger partial charge >= 0.3 is 0 Å². The topological polar surface area (TPSA) is 52.0 Å². The van der Waals surface area contributed by atoms with E-state index in [0.29, 0.717) is 11.3 Å². The number of nitrogens with zero attached hydrogens (tertiary/aromatic N) is 1. The van der Waals surface area contributed by atoms with Gasteiger partial charge in [-0.3, -0.25) is 4.98 Å². The van der Waals surface area contributed by atoms with E-state index in [0.717, 1.165) is 27.2 Å². The summed E-state index contributed by atoms with van der Waals surface area (Å²) < 4.78 is 20.0. The molecule has 0 fully saturated rings. The van der Waals surface area contributed by atoms with Crippen LogP contribution in [0.15, 0.2) is 45.5 Å². The first-order valence-electron chi connectivity index (χ1n) is 6.10. The van der Waals surface area contributed by atoms with E-state index in [2.05, 4.69) is 20.9 Å². The van der Waals surface area contributed by atoms with Gasteiger partial charge < -0.3 is 10.2 Å². The van der Waals surface area contributed by atoms with Crippen LogP contribution in [0.3, 0.4) is 0 Å². The first-order chi connectivity index (χ1) is 9.54. The Morgan fingerprint density at radius 2 is 2.05 bits per heavy atom. The van der Waals surface area contributed by atoms with Gasteiger partial charge in [0.1, 0.15) is 17.2 Å². The second-order valence-electron chi connectivity index (χ2n) is 4.70. The second-order valence-corrected chi connectivity index (χ2v) is 5.62. The molecule has 0 aliphatic heterocycles. The van der Waals surface area contributed by atoms with E-state index in [1.54, 1.807) is 6.20 Å². The molecule has 0 amide bonds. The summed E-state index contributed by atoms with van der Waals surface area (Å²) >= 11 is 3.45. The van der Waals surface area contributed by atoms with Gasteiger partial charge in [0, 0.05) is 16.1 Å². The fourth-order valence-electron chi connectivity index (χ4n) is 2.22. The Kier molecular flexibility index (Phi) is 3.31. The Balaban J connectivity index is 2.08. The lowest BCUT2D eigenvalue weighted by molar-refractivity contribution is 0.521. The molecule has 0 spiro atoms. The molecule has 5 heteroatoms. The number of rotatable bonds is 2. The maximum atomic E-state index is 13.2. The van der Waals surface area contributed by atoms with Crippen molar-refractivity contribution in [1.29, 1.82) is 0 Å². The lowest BCUT2D eigenvalue weighted by Gasteiger charge is -2.08. The molecule has 102 valence electrons. The van der Waals surface area contributed by atoms with Gasteiger partial charge in [0.15, 0.2) is 0 Å². The average Bonchev–Trinajstić information content (AvgIpc) is 2.82. The van der Waals surface area contributed by atoms with Crippen molar-refractivity contribution in [3.63, 3.8) is 0 Å². The molecule has 1 atom stereocenters. The highest BCUT2D eigenvalue weighted by Crippen LogP contribution is 2.30. The van der Waals surface area contributed by atoms with E-state index in [1.165, 1.54) is 6.07 Å². The molecule has 3 aromatic rings. The van der Waals surface area contributed by atoms with E-state index in [-0.39, 0.29) is 0 Å².